The summed E-state index contributed by atoms with van der Waals surface area (Å²) in [7, 11) is 0. The molecule has 0 aromatic heterocycles. The summed E-state index contributed by atoms with van der Waals surface area (Å²) in [5.41, 5.74) is -0.386. The maximum absolute atomic E-state index is 12.2. The number of carbonyl (C=O) groups excluding carboxylic acids is 1. The number of nitrogens with one attached hydrogen (secondary N) is 1. The Labute approximate surface area is 135 Å². The summed E-state index contributed by atoms with van der Waals surface area (Å²) < 4.78 is 0. The number of rotatable bonds is 4. The van der Waals surface area contributed by atoms with Gasteiger partial charge in [0.15, 0.2) is 0 Å². The van der Waals surface area contributed by atoms with Crippen LogP contribution in [-0.4, -0.2) is 40.6 Å². The van der Waals surface area contributed by atoms with Crippen molar-refractivity contribution in [1.29, 1.82) is 0 Å². The highest BCUT2D eigenvalue weighted by molar-refractivity contribution is 6.39. The number of anilines is 1. The predicted octanol–water partition coefficient (Wildman–Crippen LogP) is 3.17. The molecule has 21 heavy (non-hydrogen) atoms. The Morgan fingerprint density at radius 1 is 1.43 bits per heavy atom. The Morgan fingerprint density at radius 3 is 2.62 bits per heavy atom. The van der Waals surface area contributed by atoms with Crippen LogP contribution in [0.2, 0.25) is 10.0 Å². The Morgan fingerprint density at radius 2 is 2.05 bits per heavy atom. The van der Waals surface area contributed by atoms with E-state index in [0.29, 0.717) is 15.7 Å². The third kappa shape index (κ3) is 4.10. The van der Waals surface area contributed by atoms with Gasteiger partial charge in [0.05, 0.1) is 27.9 Å². The molecule has 2 N–H and O–H groups in total. The molecule has 1 aliphatic rings. The molecule has 1 aromatic carbocycles. The summed E-state index contributed by atoms with van der Waals surface area (Å²) in [6, 6.07) is 5.08. The van der Waals surface area contributed by atoms with E-state index < -0.39 is 5.60 Å². The molecule has 6 heteroatoms. The summed E-state index contributed by atoms with van der Waals surface area (Å²) in [4.78, 5) is 14.2. The highest BCUT2D eigenvalue weighted by Gasteiger charge is 2.36. The minimum absolute atomic E-state index is 0.00929. The van der Waals surface area contributed by atoms with E-state index in [-0.39, 0.29) is 18.5 Å². The van der Waals surface area contributed by atoms with E-state index >= 15 is 0 Å². The fourth-order valence-electron chi connectivity index (χ4n) is 2.80. The van der Waals surface area contributed by atoms with Crippen molar-refractivity contribution in [3.05, 3.63) is 28.2 Å². The van der Waals surface area contributed by atoms with Crippen molar-refractivity contribution < 1.29 is 9.90 Å². The lowest BCUT2D eigenvalue weighted by molar-refractivity contribution is -0.118. The molecule has 1 saturated heterocycles. The van der Waals surface area contributed by atoms with Gasteiger partial charge in [0.2, 0.25) is 5.91 Å². The number of halogens is 2. The van der Waals surface area contributed by atoms with Crippen LogP contribution in [0.1, 0.15) is 26.7 Å². The first-order chi connectivity index (χ1) is 9.79. The van der Waals surface area contributed by atoms with E-state index in [1.165, 1.54) is 0 Å². The molecule has 1 atom stereocenters. The van der Waals surface area contributed by atoms with Gasteiger partial charge in [-0.15, -0.1) is 0 Å². The average Bonchev–Trinajstić information content (AvgIpc) is 2.82. The molecule has 116 valence electrons. The lowest BCUT2D eigenvalue weighted by Gasteiger charge is -2.33. The minimum Gasteiger partial charge on any atom is -0.389 e. The van der Waals surface area contributed by atoms with Crippen molar-refractivity contribution in [3.63, 3.8) is 0 Å². The lowest BCUT2D eigenvalue weighted by atomic mass is 9.97. The third-order valence-corrected chi connectivity index (χ3v) is 4.38. The summed E-state index contributed by atoms with van der Waals surface area (Å²) >= 11 is 12.1. The van der Waals surface area contributed by atoms with E-state index in [9.17, 15) is 9.90 Å². The van der Waals surface area contributed by atoms with Gasteiger partial charge in [-0.3, -0.25) is 9.69 Å². The molecule has 1 unspecified atom stereocenters. The Kier molecular flexibility index (Phi) is 5.15. The first-order valence-electron chi connectivity index (χ1n) is 6.99. The van der Waals surface area contributed by atoms with E-state index in [2.05, 4.69) is 5.32 Å². The molecule has 4 nitrogen and oxygen atoms in total. The molecule has 1 heterocycles. The zero-order valence-corrected chi connectivity index (χ0v) is 13.7. The zero-order valence-electron chi connectivity index (χ0n) is 12.2. The molecule has 0 bridgehead atoms. The zero-order chi connectivity index (χ0) is 15.6. The standard InChI is InChI=1S/C15H20Cl2N2O2/c1-15(2,21)12-7-4-8-19(12)9-13(20)18-14-10(16)5-3-6-11(14)17/h3,5-6,12,21H,4,7-9H2,1-2H3,(H,18,20). The molecular weight excluding hydrogens is 311 g/mol. The van der Waals surface area contributed by atoms with Gasteiger partial charge in [0.1, 0.15) is 0 Å². The molecule has 0 saturated carbocycles. The number of amides is 1. The van der Waals surface area contributed by atoms with Crippen LogP contribution in [0.15, 0.2) is 18.2 Å². The fraction of sp³-hybridized carbons (Fsp3) is 0.533. The number of aliphatic hydroxyl groups is 1. The van der Waals surface area contributed by atoms with Gasteiger partial charge >= 0.3 is 0 Å². The number of nitrogens with zero attached hydrogens (tertiary/aromatic N) is 1. The Bertz CT molecular complexity index is 509. The van der Waals surface area contributed by atoms with Crippen LogP contribution >= 0.6 is 23.2 Å². The largest absolute Gasteiger partial charge is 0.389 e. The van der Waals surface area contributed by atoms with Crippen molar-refractivity contribution in [2.24, 2.45) is 0 Å². The second-order valence-electron chi connectivity index (χ2n) is 5.93. The number of carbonyl (C=O) groups is 1. The van der Waals surface area contributed by atoms with Crippen molar-refractivity contribution in [2.75, 3.05) is 18.4 Å². The molecule has 0 aliphatic carbocycles. The molecule has 2 rings (SSSR count). The first-order valence-corrected chi connectivity index (χ1v) is 7.75. The van der Waals surface area contributed by atoms with Crippen LogP contribution < -0.4 is 5.32 Å². The van der Waals surface area contributed by atoms with Gasteiger partial charge in [-0.05, 0) is 45.4 Å². The normalized spacial score (nSPS) is 19.8. The fourth-order valence-corrected chi connectivity index (χ4v) is 3.29. The summed E-state index contributed by atoms with van der Waals surface area (Å²) in [6.07, 6.45) is 1.87. The second-order valence-corrected chi connectivity index (χ2v) is 6.74. The number of hydrogen-bond acceptors (Lipinski definition) is 3. The van der Waals surface area contributed by atoms with Gasteiger partial charge in [-0.2, -0.15) is 0 Å². The van der Waals surface area contributed by atoms with E-state index in [1.54, 1.807) is 32.0 Å². The Balaban J connectivity index is 2.02. The lowest BCUT2D eigenvalue weighted by Crippen LogP contribution is -2.48. The van der Waals surface area contributed by atoms with Gasteiger partial charge < -0.3 is 10.4 Å². The second kappa shape index (κ2) is 6.53. The van der Waals surface area contributed by atoms with E-state index in [1.807, 2.05) is 4.90 Å². The van der Waals surface area contributed by atoms with Gasteiger partial charge in [0, 0.05) is 6.04 Å². The molecule has 1 amide bonds. The third-order valence-electron chi connectivity index (χ3n) is 3.75. The van der Waals surface area contributed by atoms with Crippen molar-refractivity contribution in [1.82, 2.24) is 4.90 Å². The molecular formula is C15H20Cl2N2O2. The number of hydrogen-bond donors (Lipinski definition) is 2. The van der Waals surface area contributed by atoms with Crippen LogP contribution in [-0.2, 0) is 4.79 Å². The molecule has 1 aromatic rings. The van der Waals surface area contributed by atoms with Crippen LogP contribution in [0.5, 0.6) is 0 Å². The topological polar surface area (TPSA) is 52.6 Å². The monoisotopic (exact) mass is 330 g/mol. The maximum Gasteiger partial charge on any atom is 0.238 e. The van der Waals surface area contributed by atoms with E-state index in [0.717, 1.165) is 19.4 Å². The van der Waals surface area contributed by atoms with Crippen LogP contribution in [0, 0.1) is 0 Å². The highest BCUT2D eigenvalue weighted by atomic mass is 35.5. The predicted molar refractivity (Wildman–Crippen MR) is 86.0 cm³/mol. The van der Waals surface area contributed by atoms with Crippen molar-refractivity contribution in [3.8, 4) is 0 Å². The quantitative estimate of drug-likeness (QED) is 0.891. The van der Waals surface area contributed by atoms with E-state index in [4.69, 9.17) is 23.2 Å². The van der Waals surface area contributed by atoms with Crippen LogP contribution in [0.25, 0.3) is 0 Å². The smallest absolute Gasteiger partial charge is 0.238 e. The van der Waals surface area contributed by atoms with Gasteiger partial charge in [-0.25, -0.2) is 0 Å². The van der Waals surface area contributed by atoms with Gasteiger partial charge in [0.25, 0.3) is 0 Å². The molecule has 0 radical (unpaired) electrons. The minimum atomic E-state index is -0.821. The number of benzene rings is 1. The number of para-hydroxylation sites is 1. The first kappa shape index (κ1) is 16.6. The van der Waals surface area contributed by atoms with Gasteiger partial charge in [-0.1, -0.05) is 29.3 Å². The summed E-state index contributed by atoms with van der Waals surface area (Å²) in [5.74, 6) is -0.179. The van der Waals surface area contributed by atoms with Crippen LogP contribution in [0.3, 0.4) is 0 Å². The average molecular weight is 331 g/mol. The molecule has 1 fully saturated rings. The van der Waals surface area contributed by atoms with Crippen molar-refractivity contribution >= 4 is 34.8 Å². The summed E-state index contributed by atoms with van der Waals surface area (Å²) in [6.45, 7) is 4.58. The summed E-state index contributed by atoms with van der Waals surface area (Å²) in [5, 5.41) is 13.7. The molecule has 0 spiro atoms. The highest BCUT2D eigenvalue weighted by Crippen LogP contribution is 2.30. The SMILES string of the molecule is CC(C)(O)C1CCCN1CC(=O)Nc1c(Cl)cccc1Cl. The Hall–Kier alpha value is -0.810. The maximum atomic E-state index is 12.2. The number of likely N-dealkylation sites (tertiary alicyclic amines) is 1. The van der Waals surface area contributed by atoms with Crippen LogP contribution in [0.4, 0.5) is 5.69 Å². The molecule has 1 aliphatic heterocycles. The van der Waals surface area contributed by atoms with Crippen molar-refractivity contribution in [2.45, 2.75) is 38.3 Å².